The Bertz CT molecular complexity index is 2670. The van der Waals surface area contributed by atoms with E-state index in [4.69, 9.17) is 4.42 Å². The number of para-hydroxylation sites is 1. The molecule has 0 atom stereocenters. The largest absolute Gasteiger partial charge is 0.459 e. The molecule has 0 saturated heterocycles. The number of nitrogens with zero attached hydrogens (tertiary/aromatic N) is 4. The molecule has 0 aliphatic carbocycles. The summed E-state index contributed by atoms with van der Waals surface area (Å²) in [4.78, 5) is 60.5. The molecule has 61 heavy (non-hydrogen) atoms. The normalized spacial score (nSPS) is 13.9. The van der Waals surface area contributed by atoms with Gasteiger partial charge in [0.15, 0.2) is 0 Å². The number of halogens is 2. The van der Waals surface area contributed by atoms with Crippen LogP contribution in [0.4, 0.5) is 11.6 Å². The second kappa shape index (κ2) is 19.7. The Kier molecular flexibility index (Phi) is 15.6. The zero-order chi connectivity index (χ0) is 42.8. The van der Waals surface area contributed by atoms with Crippen LogP contribution in [-0.2, 0) is 43.1 Å². The van der Waals surface area contributed by atoms with Crippen LogP contribution in [0.5, 0.6) is 0 Å². The summed E-state index contributed by atoms with van der Waals surface area (Å²) >= 11 is 5.09. The Labute approximate surface area is 386 Å². The number of benzene rings is 2. The molecule has 8 rings (SSSR count). The topological polar surface area (TPSA) is 138 Å². The number of aryl methyl sites for hydroxylation is 2. The minimum atomic E-state index is -0.633. The number of aromatic nitrogens is 2. The van der Waals surface area contributed by atoms with E-state index in [0.29, 0.717) is 24.7 Å². The summed E-state index contributed by atoms with van der Waals surface area (Å²) in [6, 6.07) is 20.0. The van der Waals surface area contributed by atoms with Gasteiger partial charge in [-0.05, 0) is 110 Å². The van der Waals surface area contributed by atoms with E-state index in [0.717, 1.165) is 43.5 Å². The van der Waals surface area contributed by atoms with Gasteiger partial charge < -0.3 is 24.9 Å². The number of amides is 4. The lowest BCUT2D eigenvalue weighted by molar-refractivity contribution is -0.126. The first kappa shape index (κ1) is 48.5. The SMILES string of the molecule is C.C=CC(=O)N(C)Cc1sc2ccccc2c1C.CC1(C)C(=O)Nc2ncc(Br)cc21.Cc1c(CN(C)C(=O)/C=C/c2cnc3c(c2)C(C)(C)C(=O)N3)oc2ccccc12.I. The lowest BCUT2D eigenvalue weighted by Crippen LogP contribution is -2.26. The molecule has 4 aromatic heterocycles. The number of fused-ring (bicyclic) bond motifs is 4. The van der Waals surface area contributed by atoms with Crippen molar-refractivity contribution in [2.24, 2.45) is 0 Å². The molecular formula is C47H52BrIN6O5S. The number of nitrogens with one attached hydrogen (secondary N) is 2. The van der Waals surface area contributed by atoms with Crippen molar-refractivity contribution in [3.63, 3.8) is 0 Å². The number of rotatable bonds is 7. The fourth-order valence-corrected chi connectivity index (χ4v) is 8.32. The molecule has 2 aromatic carbocycles. The number of pyridine rings is 2. The number of likely N-dealkylation sites (N-methyl/N-ethyl adjacent to an activating group) is 2. The number of furan rings is 1. The van der Waals surface area contributed by atoms with Crippen LogP contribution >= 0.6 is 51.2 Å². The fourth-order valence-electron chi connectivity index (χ4n) is 6.72. The van der Waals surface area contributed by atoms with Crippen LogP contribution in [0.2, 0.25) is 0 Å². The van der Waals surface area contributed by atoms with E-state index >= 15 is 0 Å². The molecule has 6 aromatic rings. The van der Waals surface area contributed by atoms with Crippen LogP contribution in [0.15, 0.2) is 101 Å². The van der Waals surface area contributed by atoms with E-state index in [1.807, 2.05) is 83.1 Å². The van der Waals surface area contributed by atoms with Gasteiger partial charge in [-0.3, -0.25) is 19.2 Å². The fraction of sp³-hybridized carbons (Fsp3) is 0.277. The molecule has 0 unspecified atom stereocenters. The number of carbonyl (C=O) groups excluding carboxylic acids is 4. The molecule has 2 aliphatic heterocycles. The molecule has 2 aliphatic rings. The highest BCUT2D eigenvalue weighted by atomic mass is 127. The zero-order valence-electron chi connectivity index (χ0n) is 34.8. The first-order chi connectivity index (χ1) is 27.9. The molecular weight excluding hydrogens is 967 g/mol. The van der Waals surface area contributed by atoms with Gasteiger partial charge in [0, 0.05) is 68.7 Å². The smallest absolute Gasteiger partial charge is 0.246 e. The van der Waals surface area contributed by atoms with E-state index < -0.39 is 10.8 Å². The number of anilines is 2. The highest BCUT2D eigenvalue weighted by Gasteiger charge is 2.40. The van der Waals surface area contributed by atoms with Gasteiger partial charge >= 0.3 is 0 Å². The van der Waals surface area contributed by atoms with E-state index in [2.05, 4.69) is 62.2 Å². The third-order valence-corrected chi connectivity index (χ3v) is 12.4. The number of thiophene rings is 1. The maximum atomic E-state index is 12.6. The quantitative estimate of drug-likeness (QED) is 0.120. The molecule has 0 fully saturated rings. The first-order valence-electron chi connectivity index (χ1n) is 19.0. The molecule has 14 heteroatoms. The lowest BCUT2D eigenvalue weighted by atomic mass is 9.86. The Morgan fingerprint density at radius 2 is 1.38 bits per heavy atom. The molecule has 0 radical (unpaired) electrons. The molecule has 2 N–H and O–H groups in total. The molecule has 0 spiro atoms. The van der Waals surface area contributed by atoms with Gasteiger partial charge in [-0.15, -0.1) is 35.3 Å². The Balaban J connectivity index is 0.000000218. The predicted molar refractivity (Wildman–Crippen MR) is 261 cm³/mol. The third kappa shape index (κ3) is 10.3. The van der Waals surface area contributed by atoms with Gasteiger partial charge in [-0.25, -0.2) is 9.97 Å². The van der Waals surface area contributed by atoms with Gasteiger partial charge in [0.25, 0.3) is 0 Å². The van der Waals surface area contributed by atoms with E-state index in [-0.39, 0.29) is 55.0 Å². The van der Waals surface area contributed by atoms with E-state index in [9.17, 15) is 19.2 Å². The zero-order valence-corrected chi connectivity index (χ0v) is 39.5. The standard InChI is InChI=1S/C23H23N3O3.C14H15NOS.C9H9BrN2O.CH4.HI/c1-14-16-7-5-6-8-18(16)29-19(14)13-26(4)20(27)10-9-15-11-17-21(24-12-15)25-22(28)23(17,2)3;1-4-14(16)15(3)9-13-10(2)11-7-5-6-8-12(11)17-13;1-9(2)6-3-5(10)4-11-7(6)12-8(9)13;;/h5-12H,13H2,1-4H3,(H,24,25,28);4-8H,1,9H2,2-3H3;3-4H,1-2H3,(H,11,12,13);1H4;1H/b10-9+;;;;. The summed E-state index contributed by atoms with van der Waals surface area (Å²) in [5, 5.41) is 7.87. The summed E-state index contributed by atoms with van der Waals surface area (Å²) in [7, 11) is 3.54. The molecule has 0 saturated carbocycles. The van der Waals surface area contributed by atoms with Gasteiger partial charge in [0.1, 0.15) is 23.0 Å². The molecule has 320 valence electrons. The van der Waals surface area contributed by atoms with Gasteiger partial charge in [-0.2, -0.15) is 0 Å². The van der Waals surface area contributed by atoms with Crippen molar-refractivity contribution in [1.29, 1.82) is 0 Å². The molecule has 6 heterocycles. The lowest BCUT2D eigenvalue weighted by Gasteiger charge is -2.15. The highest BCUT2D eigenvalue weighted by molar-refractivity contribution is 14.0. The summed E-state index contributed by atoms with van der Waals surface area (Å²) in [6.07, 6.45) is 7.91. The van der Waals surface area contributed by atoms with Crippen molar-refractivity contribution in [1.82, 2.24) is 19.8 Å². The first-order valence-corrected chi connectivity index (χ1v) is 20.6. The van der Waals surface area contributed by atoms with Crippen molar-refractivity contribution in [3.05, 3.63) is 135 Å². The van der Waals surface area contributed by atoms with Crippen molar-refractivity contribution in [2.45, 2.75) is 72.9 Å². The van der Waals surface area contributed by atoms with Crippen LogP contribution in [0.25, 0.3) is 27.1 Å². The Hall–Kier alpha value is -5.19. The van der Waals surface area contributed by atoms with Crippen molar-refractivity contribution < 1.29 is 23.6 Å². The highest BCUT2D eigenvalue weighted by Crippen LogP contribution is 2.38. The monoisotopic (exact) mass is 1020 g/mol. The van der Waals surface area contributed by atoms with Crippen LogP contribution in [-0.4, -0.2) is 57.5 Å². The second-order valence-electron chi connectivity index (χ2n) is 15.6. The average molecular weight is 1020 g/mol. The summed E-state index contributed by atoms with van der Waals surface area (Å²) in [5.41, 5.74) is 4.61. The number of carbonyl (C=O) groups is 4. The van der Waals surface area contributed by atoms with Gasteiger partial charge in [-0.1, -0.05) is 50.4 Å². The van der Waals surface area contributed by atoms with Crippen LogP contribution in [0.1, 0.15) is 73.6 Å². The minimum Gasteiger partial charge on any atom is -0.459 e. The predicted octanol–water partition coefficient (Wildman–Crippen LogP) is 10.7. The minimum absolute atomic E-state index is 0. The van der Waals surface area contributed by atoms with Crippen LogP contribution in [0, 0.1) is 13.8 Å². The summed E-state index contributed by atoms with van der Waals surface area (Å²) < 4.78 is 8.08. The van der Waals surface area contributed by atoms with Gasteiger partial charge in [0.05, 0.1) is 23.9 Å². The van der Waals surface area contributed by atoms with Crippen LogP contribution < -0.4 is 10.6 Å². The maximum Gasteiger partial charge on any atom is 0.246 e. The van der Waals surface area contributed by atoms with Crippen molar-refractivity contribution in [3.8, 4) is 0 Å². The molecule has 0 bridgehead atoms. The van der Waals surface area contributed by atoms with Crippen LogP contribution in [0.3, 0.4) is 0 Å². The van der Waals surface area contributed by atoms with Crippen molar-refractivity contribution >= 4 is 114 Å². The number of hydrogen-bond acceptors (Lipinski definition) is 8. The Morgan fingerprint density at radius 3 is 1.98 bits per heavy atom. The second-order valence-corrected chi connectivity index (χ2v) is 17.6. The maximum absolute atomic E-state index is 12.6. The summed E-state index contributed by atoms with van der Waals surface area (Å²) in [6.45, 7) is 16.2. The van der Waals surface area contributed by atoms with Gasteiger partial charge in [0.2, 0.25) is 23.6 Å². The van der Waals surface area contributed by atoms with E-state index in [1.54, 1.807) is 53.7 Å². The third-order valence-electron chi connectivity index (χ3n) is 10.7. The molecule has 11 nitrogen and oxygen atoms in total. The van der Waals surface area contributed by atoms with E-state index in [1.165, 1.54) is 32.7 Å². The summed E-state index contributed by atoms with van der Waals surface area (Å²) in [5.74, 6) is 1.80. The van der Waals surface area contributed by atoms with Crippen molar-refractivity contribution in [2.75, 3.05) is 24.7 Å². The molecule has 4 amide bonds. The Morgan fingerprint density at radius 1 is 0.820 bits per heavy atom. The average Bonchev–Trinajstić information content (AvgIpc) is 3.86. The number of hydrogen-bond donors (Lipinski definition) is 2.